The van der Waals surface area contributed by atoms with Gasteiger partial charge in [-0.3, -0.25) is 0 Å². The molecule has 2 aliphatic heterocycles. The van der Waals surface area contributed by atoms with Gasteiger partial charge >= 0.3 is 0 Å². The molecule has 2 heteroatoms. The Morgan fingerprint density at radius 2 is 2.19 bits per heavy atom. The van der Waals surface area contributed by atoms with Gasteiger partial charge in [-0.15, -0.1) is 0 Å². The predicted octanol–water partition coefficient (Wildman–Crippen LogP) is 4.43. The molecule has 0 spiro atoms. The van der Waals surface area contributed by atoms with Gasteiger partial charge in [-0.2, -0.15) is 4.58 Å². The highest BCUT2D eigenvalue weighted by atomic mass is 16.5. The molecular weight excluding hydrogens is 258 g/mol. The van der Waals surface area contributed by atoms with Crippen molar-refractivity contribution in [3.63, 3.8) is 0 Å². The van der Waals surface area contributed by atoms with Crippen LogP contribution >= 0.6 is 0 Å². The van der Waals surface area contributed by atoms with Crippen LogP contribution in [0.2, 0.25) is 0 Å². The molecule has 1 unspecified atom stereocenters. The maximum atomic E-state index is 6.08. The quantitative estimate of drug-likeness (QED) is 0.758. The number of unbranched alkanes of at least 4 members (excludes halogenated alkanes) is 1. The molecule has 4 rings (SSSR count). The summed E-state index contributed by atoms with van der Waals surface area (Å²) in [6.45, 7) is 7.78. The second kappa shape index (κ2) is 4.59. The van der Waals surface area contributed by atoms with Crippen molar-refractivity contribution in [1.29, 1.82) is 0 Å². The Labute approximate surface area is 126 Å². The highest BCUT2D eigenvalue weighted by molar-refractivity contribution is 6.16. The number of nitrogens with zero attached hydrogens (tertiary/aromatic N) is 1. The lowest BCUT2D eigenvalue weighted by Gasteiger charge is -2.07. The van der Waals surface area contributed by atoms with Gasteiger partial charge in [0.1, 0.15) is 18.4 Å². The molecule has 0 aromatic heterocycles. The van der Waals surface area contributed by atoms with Crippen molar-refractivity contribution in [2.45, 2.75) is 46.1 Å². The Morgan fingerprint density at radius 1 is 1.33 bits per heavy atom. The summed E-state index contributed by atoms with van der Waals surface area (Å²) in [6, 6.07) is 9.01. The molecule has 21 heavy (non-hydrogen) atoms. The van der Waals surface area contributed by atoms with Crippen LogP contribution in [0.25, 0.3) is 10.8 Å². The van der Waals surface area contributed by atoms with Gasteiger partial charge in [0.2, 0.25) is 5.69 Å². The number of hydrogen-bond donors (Lipinski definition) is 0. The van der Waals surface area contributed by atoms with Crippen LogP contribution < -0.4 is 4.74 Å². The van der Waals surface area contributed by atoms with E-state index < -0.39 is 0 Å². The van der Waals surface area contributed by atoms with Crippen molar-refractivity contribution in [2.75, 3.05) is 6.54 Å². The molecule has 2 heterocycles. The second-order valence-electron chi connectivity index (χ2n) is 6.34. The van der Waals surface area contributed by atoms with Gasteiger partial charge in [0.15, 0.2) is 5.71 Å². The Bertz CT molecular complexity index is 773. The van der Waals surface area contributed by atoms with Crippen LogP contribution in [-0.4, -0.2) is 22.9 Å². The van der Waals surface area contributed by atoms with Crippen LogP contribution in [0.3, 0.4) is 0 Å². The summed E-state index contributed by atoms with van der Waals surface area (Å²) in [5.41, 5.74) is 5.53. The van der Waals surface area contributed by atoms with Gasteiger partial charge < -0.3 is 4.74 Å². The van der Waals surface area contributed by atoms with E-state index in [2.05, 4.69) is 49.6 Å². The zero-order valence-corrected chi connectivity index (χ0v) is 13.1. The Balaban J connectivity index is 1.98. The maximum Gasteiger partial charge on any atom is 0.214 e. The summed E-state index contributed by atoms with van der Waals surface area (Å²) in [5, 5.41) is 2.68. The molecule has 2 nitrogen and oxygen atoms in total. The first-order valence-corrected chi connectivity index (χ1v) is 8.07. The smallest absolute Gasteiger partial charge is 0.214 e. The fraction of sp³-hybridized carbons (Fsp3) is 0.421. The number of ether oxygens (including phenoxy) is 1. The van der Waals surface area contributed by atoms with Crippen LogP contribution in [-0.2, 0) is 6.42 Å². The van der Waals surface area contributed by atoms with Crippen LogP contribution in [0.5, 0.6) is 5.75 Å². The third kappa shape index (κ3) is 1.75. The van der Waals surface area contributed by atoms with Crippen molar-refractivity contribution in [3.05, 3.63) is 35.4 Å². The summed E-state index contributed by atoms with van der Waals surface area (Å²) in [4.78, 5) is 0. The fourth-order valence-corrected chi connectivity index (χ4v) is 3.78. The summed E-state index contributed by atoms with van der Waals surface area (Å²) >= 11 is 0. The van der Waals surface area contributed by atoms with Crippen LogP contribution in [0.15, 0.2) is 24.3 Å². The van der Waals surface area contributed by atoms with E-state index in [1.807, 2.05) is 0 Å². The fourth-order valence-electron chi connectivity index (χ4n) is 3.78. The SMILES string of the molecule is CCCC[N+]1=C(C)c2cccc3c4c(cc1c23)CC(C)O4. The average Bonchev–Trinajstić information content (AvgIpc) is 2.98. The number of rotatable bonds is 3. The lowest BCUT2D eigenvalue weighted by atomic mass is 9.98. The van der Waals surface area contributed by atoms with E-state index in [4.69, 9.17) is 4.74 Å². The molecule has 0 fully saturated rings. The summed E-state index contributed by atoms with van der Waals surface area (Å²) < 4.78 is 8.59. The summed E-state index contributed by atoms with van der Waals surface area (Å²) in [6.07, 6.45) is 3.80. The van der Waals surface area contributed by atoms with Gasteiger partial charge in [0.25, 0.3) is 0 Å². The van der Waals surface area contributed by atoms with Crippen molar-refractivity contribution < 1.29 is 9.31 Å². The number of fused-ring (bicyclic) bond motifs is 2. The van der Waals surface area contributed by atoms with Crippen molar-refractivity contribution >= 4 is 22.2 Å². The zero-order chi connectivity index (χ0) is 14.6. The molecule has 2 aliphatic rings. The molecule has 0 bridgehead atoms. The first kappa shape index (κ1) is 12.9. The van der Waals surface area contributed by atoms with E-state index in [-0.39, 0.29) is 0 Å². The molecule has 0 aliphatic carbocycles. The molecule has 2 aromatic carbocycles. The normalized spacial score (nSPS) is 19.3. The maximum absolute atomic E-state index is 6.08. The highest BCUT2D eigenvalue weighted by Gasteiger charge is 2.33. The lowest BCUT2D eigenvalue weighted by Crippen LogP contribution is -2.12. The summed E-state index contributed by atoms with van der Waals surface area (Å²) in [7, 11) is 0. The van der Waals surface area contributed by atoms with Crippen molar-refractivity contribution in [3.8, 4) is 5.75 Å². The van der Waals surface area contributed by atoms with Gasteiger partial charge in [0.05, 0.1) is 10.9 Å². The van der Waals surface area contributed by atoms with E-state index in [0.29, 0.717) is 6.10 Å². The Kier molecular flexibility index (Phi) is 2.81. The van der Waals surface area contributed by atoms with Crippen LogP contribution in [0.1, 0.15) is 44.7 Å². The van der Waals surface area contributed by atoms with Gasteiger partial charge in [-0.1, -0.05) is 25.5 Å². The minimum atomic E-state index is 0.302. The van der Waals surface area contributed by atoms with E-state index in [1.165, 1.54) is 46.1 Å². The van der Waals surface area contributed by atoms with Crippen LogP contribution in [0, 0.1) is 0 Å². The first-order chi connectivity index (χ1) is 10.2. The minimum absolute atomic E-state index is 0.302. The van der Waals surface area contributed by atoms with Crippen molar-refractivity contribution in [2.24, 2.45) is 0 Å². The van der Waals surface area contributed by atoms with E-state index >= 15 is 0 Å². The van der Waals surface area contributed by atoms with E-state index in [9.17, 15) is 0 Å². The third-order valence-corrected chi connectivity index (χ3v) is 4.81. The molecule has 0 radical (unpaired) electrons. The highest BCUT2D eigenvalue weighted by Crippen LogP contribution is 2.45. The molecule has 108 valence electrons. The summed E-state index contributed by atoms with van der Waals surface area (Å²) in [5.74, 6) is 1.12. The molecule has 0 N–H and O–H groups in total. The molecule has 2 aromatic rings. The van der Waals surface area contributed by atoms with E-state index in [1.54, 1.807) is 0 Å². The zero-order valence-electron chi connectivity index (χ0n) is 13.1. The minimum Gasteiger partial charge on any atom is -0.489 e. The topological polar surface area (TPSA) is 12.2 Å². The number of benzene rings is 2. The molecule has 0 saturated carbocycles. The predicted molar refractivity (Wildman–Crippen MR) is 87.2 cm³/mol. The first-order valence-electron chi connectivity index (χ1n) is 8.07. The Morgan fingerprint density at radius 3 is 3.00 bits per heavy atom. The second-order valence-corrected chi connectivity index (χ2v) is 6.34. The van der Waals surface area contributed by atoms with Crippen LogP contribution in [0.4, 0.5) is 5.69 Å². The van der Waals surface area contributed by atoms with Gasteiger partial charge in [-0.05, 0) is 13.0 Å². The monoisotopic (exact) mass is 280 g/mol. The third-order valence-electron chi connectivity index (χ3n) is 4.81. The average molecular weight is 280 g/mol. The number of hydrogen-bond acceptors (Lipinski definition) is 1. The molecular formula is C19H22NO+. The van der Waals surface area contributed by atoms with Crippen molar-refractivity contribution in [1.82, 2.24) is 0 Å². The molecule has 1 atom stereocenters. The van der Waals surface area contributed by atoms with Gasteiger partial charge in [-0.25, -0.2) is 0 Å². The van der Waals surface area contributed by atoms with Gasteiger partial charge in [0, 0.05) is 36.8 Å². The standard InChI is InChI=1S/C19H22NO/c1-4-5-9-20-13(3)15-7-6-8-16-18(15)17(20)11-14-10-12(2)21-19(14)16/h6-8,11-12H,4-5,9-10H2,1-3H3/q+1. The van der Waals surface area contributed by atoms with E-state index in [0.717, 1.165) is 18.7 Å². The molecule has 0 saturated heterocycles. The molecule has 0 amide bonds. The lowest BCUT2D eigenvalue weighted by molar-refractivity contribution is -0.437. The largest absolute Gasteiger partial charge is 0.489 e. The Hall–Kier alpha value is -1.83.